The van der Waals surface area contributed by atoms with Gasteiger partial charge in [-0.2, -0.15) is 0 Å². The Labute approximate surface area is 86.2 Å². The summed E-state index contributed by atoms with van der Waals surface area (Å²) < 4.78 is 0. The van der Waals surface area contributed by atoms with E-state index in [1.54, 1.807) is 13.0 Å². The number of pyridine rings is 1. The van der Waals surface area contributed by atoms with Crippen LogP contribution >= 0.6 is 11.6 Å². The van der Waals surface area contributed by atoms with Crippen LogP contribution in [0.25, 0.3) is 0 Å². The highest BCUT2D eigenvalue weighted by atomic mass is 35.5. The molecule has 0 radical (unpaired) electrons. The molecule has 0 aromatic carbocycles. The van der Waals surface area contributed by atoms with E-state index in [4.69, 9.17) is 16.7 Å². The van der Waals surface area contributed by atoms with E-state index in [0.717, 1.165) is 0 Å². The summed E-state index contributed by atoms with van der Waals surface area (Å²) in [6, 6.07) is 1.63. The number of aliphatic hydroxyl groups is 1. The second kappa shape index (κ2) is 4.39. The Balaban J connectivity index is 2.85. The molecule has 0 spiro atoms. The number of aliphatic hydroxyl groups excluding tert-OH is 1. The van der Waals surface area contributed by atoms with Crippen LogP contribution in [0.2, 0.25) is 5.15 Å². The Bertz CT molecular complexity index is 354. The third-order valence-electron chi connectivity index (χ3n) is 1.79. The number of nitrogens with zero attached hydrogens (tertiary/aromatic N) is 1. The zero-order valence-corrected chi connectivity index (χ0v) is 8.32. The number of aromatic nitrogens is 1. The van der Waals surface area contributed by atoms with Crippen LogP contribution in [0.1, 0.15) is 23.7 Å². The van der Waals surface area contributed by atoms with Gasteiger partial charge in [-0.1, -0.05) is 11.6 Å². The van der Waals surface area contributed by atoms with Crippen molar-refractivity contribution < 1.29 is 15.0 Å². The van der Waals surface area contributed by atoms with Crippen LogP contribution < -0.4 is 0 Å². The number of halogens is 1. The van der Waals surface area contributed by atoms with Crippen molar-refractivity contribution in [3.8, 4) is 0 Å². The number of carboxylic acids is 1. The van der Waals surface area contributed by atoms with Gasteiger partial charge in [0.05, 0.1) is 12.5 Å². The molecule has 76 valence electrons. The van der Waals surface area contributed by atoms with Crippen LogP contribution in [0, 0.1) is 6.92 Å². The van der Waals surface area contributed by atoms with E-state index in [0.29, 0.717) is 16.3 Å². The Kier molecular flexibility index (Phi) is 3.43. The highest BCUT2D eigenvalue weighted by Crippen LogP contribution is 2.20. The van der Waals surface area contributed by atoms with E-state index in [1.165, 1.54) is 6.20 Å². The van der Waals surface area contributed by atoms with E-state index < -0.39 is 12.1 Å². The largest absolute Gasteiger partial charge is 0.481 e. The molecule has 0 fully saturated rings. The Morgan fingerprint density at radius 3 is 2.86 bits per heavy atom. The van der Waals surface area contributed by atoms with Crippen molar-refractivity contribution in [3.05, 3.63) is 28.5 Å². The minimum Gasteiger partial charge on any atom is -0.481 e. The summed E-state index contributed by atoms with van der Waals surface area (Å²) in [5.74, 6) is -1.05. The van der Waals surface area contributed by atoms with Gasteiger partial charge in [0.2, 0.25) is 0 Å². The van der Waals surface area contributed by atoms with E-state index in [-0.39, 0.29) is 6.42 Å². The van der Waals surface area contributed by atoms with Gasteiger partial charge >= 0.3 is 5.97 Å². The Morgan fingerprint density at radius 2 is 2.36 bits per heavy atom. The van der Waals surface area contributed by atoms with Crippen molar-refractivity contribution in [1.82, 2.24) is 4.98 Å². The number of aliphatic carboxylic acids is 1. The van der Waals surface area contributed by atoms with Crippen molar-refractivity contribution in [2.75, 3.05) is 0 Å². The van der Waals surface area contributed by atoms with Crippen LogP contribution in [-0.2, 0) is 4.79 Å². The van der Waals surface area contributed by atoms with Gasteiger partial charge in [-0.25, -0.2) is 4.98 Å². The first-order valence-electron chi connectivity index (χ1n) is 4.02. The lowest BCUT2D eigenvalue weighted by Gasteiger charge is -2.08. The Hall–Kier alpha value is -1.13. The minimum absolute atomic E-state index is 0.331. The highest BCUT2D eigenvalue weighted by Gasteiger charge is 2.13. The van der Waals surface area contributed by atoms with E-state index in [9.17, 15) is 9.90 Å². The van der Waals surface area contributed by atoms with Gasteiger partial charge in [-0.3, -0.25) is 4.79 Å². The van der Waals surface area contributed by atoms with Crippen LogP contribution in [-0.4, -0.2) is 21.2 Å². The van der Waals surface area contributed by atoms with Crippen molar-refractivity contribution in [2.24, 2.45) is 0 Å². The Morgan fingerprint density at radius 1 is 1.71 bits per heavy atom. The van der Waals surface area contributed by atoms with E-state index in [2.05, 4.69) is 4.98 Å². The quantitative estimate of drug-likeness (QED) is 0.751. The van der Waals surface area contributed by atoms with Crippen molar-refractivity contribution in [1.29, 1.82) is 0 Å². The standard InChI is InChI=1S/C9H10ClNO3/c1-5-2-6(4-11-9(5)10)7(12)3-8(13)14/h2,4,7,12H,3H2,1H3,(H,13,14). The van der Waals surface area contributed by atoms with E-state index >= 15 is 0 Å². The molecule has 1 atom stereocenters. The van der Waals surface area contributed by atoms with Gasteiger partial charge in [-0.15, -0.1) is 0 Å². The predicted octanol–water partition coefficient (Wildman–Crippen LogP) is 1.55. The highest BCUT2D eigenvalue weighted by molar-refractivity contribution is 6.30. The van der Waals surface area contributed by atoms with Crippen LogP contribution in [0.4, 0.5) is 0 Å². The maximum absolute atomic E-state index is 10.3. The van der Waals surface area contributed by atoms with E-state index in [1.807, 2.05) is 0 Å². The monoisotopic (exact) mass is 215 g/mol. The molecule has 1 heterocycles. The molecule has 0 bridgehead atoms. The molecular weight excluding hydrogens is 206 g/mol. The smallest absolute Gasteiger partial charge is 0.306 e. The average molecular weight is 216 g/mol. The third-order valence-corrected chi connectivity index (χ3v) is 2.18. The van der Waals surface area contributed by atoms with Crippen LogP contribution in [0.15, 0.2) is 12.3 Å². The van der Waals surface area contributed by atoms with Gasteiger partial charge < -0.3 is 10.2 Å². The summed E-state index contributed by atoms with van der Waals surface area (Å²) in [5, 5.41) is 18.3. The third kappa shape index (κ3) is 2.68. The first-order valence-corrected chi connectivity index (χ1v) is 4.40. The summed E-state index contributed by atoms with van der Waals surface area (Å²) in [4.78, 5) is 14.1. The second-order valence-electron chi connectivity index (χ2n) is 2.99. The topological polar surface area (TPSA) is 70.4 Å². The summed E-state index contributed by atoms with van der Waals surface area (Å²) >= 11 is 5.68. The number of hydrogen-bond acceptors (Lipinski definition) is 3. The van der Waals surface area contributed by atoms with Crippen LogP contribution in [0.5, 0.6) is 0 Å². The van der Waals surface area contributed by atoms with Gasteiger partial charge in [0.25, 0.3) is 0 Å². The number of carbonyl (C=O) groups is 1. The van der Waals surface area contributed by atoms with Gasteiger partial charge in [0, 0.05) is 6.20 Å². The number of aryl methyl sites for hydroxylation is 1. The molecule has 14 heavy (non-hydrogen) atoms. The first kappa shape index (κ1) is 10.9. The average Bonchev–Trinajstić information content (AvgIpc) is 2.08. The lowest BCUT2D eigenvalue weighted by Crippen LogP contribution is -2.06. The second-order valence-corrected chi connectivity index (χ2v) is 3.35. The first-order chi connectivity index (χ1) is 6.50. The molecule has 1 aromatic rings. The molecule has 5 heteroatoms. The van der Waals surface area contributed by atoms with Gasteiger partial charge in [0.15, 0.2) is 0 Å². The minimum atomic E-state index is -1.05. The summed E-state index contributed by atoms with van der Waals surface area (Å²) in [5.41, 5.74) is 1.18. The number of carboxylic acid groups (broad SMARTS) is 1. The lowest BCUT2D eigenvalue weighted by atomic mass is 10.1. The fourth-order valence-corrected chi connectivity index (χ4v) is 1.15. The van der Waals surface area contributed by atoms with Crippen molar-refractivity contribution >= 4 is 17.6 Å². The normalized spacial score (nSPS) is 12.5. The molecule has 0 amide bonds. The fraction of sp³-hybridized carbons (Fsp3) is 0.333. The molecular formula is C9H10ClNO3. The van der Waals surface area contributed by atoms with Crippen molar-refractivity contribution in [3.63, 3.8) is 0 Å². The van der Waals surface area contributed by atoms with Crippen molar-refractivity contribution in [2.45, 2.75) is 19.4 Å². The predicted molar refractivity (Wildman–Crippen MR) is 51.2 cm³/mol. The molecule has 1 unspecified atom stereocenters. The number of rotatable bonds is 3. The summed E-state index contributed by atoms with van der Waals surface area (Å²) in [6.45, 7) is 1.74. The zero-order valence-electron chi connectivity index (χ0n) is 7.57. The van der Waals surface area contributed by atoms with Gasteiger partial charge in [-0.05, 0) is 24.1 Å². The zero-order chi connectivity index (χ0) is 10.7. The fourth-order valence-electron chi connectivity index (χ4n) is 1.05. The molecule has 0 saturated carbocycles. The van der Waals surface area contributed by atoms with Gasteiger partial charge in [0.1, 0.15) is 5.15 Å². The molecule has 0 saturated heterocycles. The molecule has 1 rings (SSSR count). The molecule has 2 N–H and O–H groups in total. The SMILES string of the molecule is Cc1cc(C(O)CC(=O)O)cnc1Cl. The molecule has 0 aliphatic rings. The molecule has 0 aliphatic carbocycles. The lowest BCUT2D eigenvalue weighted by molar-refractivity contribution is -0.139. The van der Waals surface area contributed by atoms with Crippen LogP contribution in [0.3, 0.4) is 0 Å². The maximum atomic E-state index is 10.3. The summed E-state index contributed by atoms with van der Waals surface area (Å²) in [7, 11) is 0. The summed E-state index contributed by atoms with van der Waals surface area (Å²) in [6.07, 6.45) is 0.0158. The molecule has 1 aromatic heterocycles. The maximum Gasteiger partial charge on any atom is 0.306 e. The molecule has 4 nitrogen and oxygen atoms in total. The number of hydrogen-bond donors (Lipinski definition) is 2. The molecule has 0 aliphatic heterocycles.